The molecule has 3 N–H and O–H groups in total. The third-order valence-electron chi connectivity index (χ3n) is 2.08. The van der Waals surface area contributed by atoms with Crippen LogP contribution in [-0.4, -0.2) is 34.6 Å². The minimum absolute atomic E-state index is 0.0178. The number of aliphatic carboxylic acids is 2. The van der Waals surface area contributed by atoms with Crippen molar-refractivity contribution in [2.75, 3.05) is 6.54 Å². The van der Waals surface area contributed by atoms with Crippen LogP contribution in [0.3, 0.4) is 0 Å². The van der Waals surface area contributed by atoms with E-state index in [-0.39, 0.29) is 24.1 Å². The molecule has 0 rings (SSSR count). The lowest BCUT2D eigenvalue weighted by atomic mass is 10.1. The Kier molecular flexibility index (Phi) is 5.84. The molecule has 0 unspecified atom stereocenters. The number of hydrogen-bond acceptors (Lipinski definition) is 3. The first-order valence-corrected chi connectivity index (χ1v) is 4.77. The van der Waals surface area contributed by atoms with E-state index in [4.69, 9.17) is 10.2 Å². The van der Waals surface area contributed by atoms with Gasteiger partial charge in [0.25, 0.3) is 0 Å². The van der Waals surface area contributed by atoms with Crippen LogP contribution in [-0.2, 0) is 14.4 Å². The number of carbonyl (C=O) groups excluding carboxylic acids is 1. The van der Waals surface area contributed by atoms with Gasteiger partial charge >= 0.3 is 11.9 Å². The Morgan fingerprint density at radius 3 is 2.06 bits per heavy atom. The van der Waals surface area contributed by atoms with Crippen molar-refractivity contribution >= 4 is 17.8 Å². The van der Waals surface area contributed by atoms with Gasteiger partial charge < -0.3 is 15.5 Å². The predicted octanol–water partition coefficient (Wildman–Crippen LogP) is 0.388. The molecule has 0 aromatic rings. The van der Waals surface area contributed by atoms with Gasteiger partial charge in [-0.3, -0.25) is 9.59 Å². The number of carbonyl (C=O) groups is 3. The van der Waals surface area contributed by atoms with E-state index in [1.165, 1.54) is 13.8 Å². The monoisotopic (exact) mass is 229 g/mol. The summed E-state index contributed by atoms with van der Waals surface area (Å²) in [6, 6.07) is 0. The van der Waals surface area contributed by atoms with E-state index in [0.29, 0.717) is 6.42 Å². The number of hydrogen-bond donors (Lipinski definition) is 3. The topological polar surface area (TPSA) is 104 Å². The van der Waals surface area contributed by atoms with Gasteiger partial charge in [0.1, 0.15) is 0 Å². The minimum atomic E-state index is -1.14. The molecule has 6 nitrogen and oxygen atoms in total. The first-order valence-electron chi connectivity index (χ1n) is 4.77. The van der Waals surface area contributed by atoms with Crippen molar-refractivity contribution in [1.29, 1.82) is 0 Å². The van der Waals surface area contributed by atoms with Gasteiger partial charge in [0.15, 0.2) is 0 Å². The second kappa shape index (κ2) is 6.60. The number of carboxylic acids is 2. The average Bonchev–Trinajstić information content (AvgIpc) is 2.21. The van der Waals surface area contributed by atoms with Crippen LogP contribution in [0.5, 0.6) is 0 Å². The van der Waals surface area contributed by atoms with Crippen LogP contribution in [0.15, 0.2) is 11.1 Å². The van der Waals surface area contributed by atoms with E-state index >= 15 is 0 Å². The molecule has 0 spiro atoms. The van der Waals surface area contributed by atoms with E-state index in [1.807, 2.05) is 0 Å². The summed E-state index contributed by atoms with van der Waals surface area (Å²) in [5.41, 5.74) is 0.110. The van der Waals surface area contributed by atoms with E-state index in [9.17, 15) is 14.4 Å². The molecule has 0 aromatic carbocycles. The highest BCUT2D eigenvalue weighted by atomic mass is 16.4. The van der Waals surface area contributed by atoms with Crippen LogP contribution in [0.25, 0.3) is 0 Å². The molecule has 0 heterocycles. The summed E-state index contributed by atoms with van der Waals surface area (Å²) in [4.78, 5) is 32.1. The molecule has 0 saturated heterocycles. The molecule has 6 heteroatoms. The molecule has 0 atom stereocenters. The Morgan fingerprint density at radius 1 is 1.06 bits per heavy atom. The lowest BCUT2D eigenvalue weighted by Crippen LogP contribution is -2.26. The molecule has 0 aliphatic rings. The number of rotatable bonds is 6. The van der Waals surface area contributed by atoms with Crippen molar-refractivity contribution in [3.05, 3.63) is 11.1 Å². The van der Waals surface area contributed by atoms with Gasteiger partial charge in [0.2, 0.25) is 5.91 Å². The van der Waals surface area contributed by atoms with E-state index in [1.54, 1.807) is 0 Å². The fraction of sp³-hybridized carbons (Fsp3) is 0.500. The second-order valence-electron chi connectivity index (χ2n) is 3.31. The molecular weight excluding hydrogens is 214 g/mol. The van der Waals surface area contributed by atoms with Crippen molar-refractivity contribution < 1.29 is 24.6 Å². The number of amides is 1. The first-order chi connectivity index (χ1) is 7.36. The largest absolute Gasteiger partial charge is 0.481 e. The van der Waals surface area contributed by atoms with Gasteiger partial charge in [-0.25, -0.2) is 4.79 Å². The van der Waals surface area contributed by atoms with Gasteiger partial charge in [-0.15, -0.1) is 0 Å². The Labute approximate surface area is 93.0 Å². The highest BCUT2D eigenvalue weighted by Gasteiger charge is 2.11. The predicted molar refractivity (Wildman–Crippen MR) is 55.9 cm³/mol. The van der Waals surface area contributed by atoms with Crippen LogP contribution in [0, 0.1) is 0 Å². The Hall–Kier alpha value is -1.85. The smallest absolute Gasteiger partial charge is 0.331 e. The Morgan fingerprint density at radius 2 is 1.62 bits per heavy atom. The van der Waals surface area contributed by atoms with Crippen LogP contribution in [0.1, 0.15) is 26.7 Å². The molecule has 1 amide bonds. The molecule has 16 heavy (non-hydrogen) atoms. The van der Waals surface area contributed by atoms with Crippen molar-refractivity contribution in [1.82, 2.24) is 5.32 Å². The van der Waals surface area contributed by atoms with E-state index in [2.05, 4.69) is 5.32 Å². The molecule has 0 bridgehead atoms. The molecule has 0 saturated carbocycles. The lowest BCUT2D eigenvalue weighted by Gasteiger charge is -2.05. The van der Waals surface area contributed by atoms with Gasteiger partial charge in [0, 0.05) is 24.1 Å². The van der Waals surface area contributed by atoms with Crippen molar-refractivity contribution in [2.24, 2.45) is 0 Å². The zero-order chi connectivity index (χ0) is 12.7. The third kappa shape index (κ3) is 5.14. The highest BCUT2D eigenvalue weighted by molar-refractivity contribution is 6.01. The second-order valence-corrected chi connectivity index (χ2v) is 3.31. The van der Waals surface area contributed by atoms with Crippen LogP contribution in [0.4, 0.5) is 0 Å². The lowest BCUT2D eigenvalue weighted by molar-refractivity contribution is -0.137. The maximum absolute atomic E-state index is 11.4. The molecular formula is C10H15NO5. The van der Waals surface area contributed by atoms with Crippen LogP contribution >= 0.6 is 0 Å². The standard InChI is InChI=1S/C10H15NO5/c1-6(7(2)10(15)16)9(14)11-5-3-4-8(12)13/h3-5H2,1-2H3,(H,11,14)(H,12,13)(H,15,16). The summed E-state index contributed by atoms with van der Waals surface area (Å²) < 4.78 is 0. The molecule has 0 aromatic heterocycles. The summed E-state index contributed by atoms with van der Waals surface area (Å²) in [7, 11) is 0. The fourth-order valence-electron chi connectivity index (χ4n) is 0.905. The van der Waals surface area contributed by atoms with Crippen molar-refractivity contribution in [3.63, 3.8) is 0 Å². The van der Waals surface area contributed by atoms with Gasteiger partial charge in [-0.05, 0) is 20.3 Å². The summed E-state index contributed by atoms with van der Waals surface area (Å²) in [5.74, 6) is -2.55. The zero-order valence-electron chi connectivity index (χ0n) is 9.24. The summed E-state index contributed by atoms with van der Waals surface area (Å²) in [6.07, 6.45) is 0.293. The first kappa shape index (κ1) is 14.2. The summed E-state index contributed by atoms with van der Waals surface area (Å²) >= 11 is 0. The molecule has 0 aliphatic heterocycles. The van der Waals surface area contributed by atoms with E-state index in [0.717, 1.165) is 0 Å². The molecule has 90 valence electrons. The van der Waals surface area contributed by atoms with Gasteiger partial charge in [-0.2, -0.15) is 0 Å². The fourth-order valence-corrected chi connectivity index (χ4v) is 0.905. The normalized spacial score (nSPS) is 11.6. The Balaban J connectivity index is 4.12. The molecule has 0 aliphatic carbocycles. The van der Waals surface area contributed by atoms with Crippen molar-refractivity contribution in [2.45, 2.75) is 26.7 Å². The highest BCUT2D eigenvalue weighted by Crippen LogP contribution is 2.03. The van der Waals surface area contributed by atoms with Crippen LogP contribution < -0.4 is 5.32 Å². The number of carboxylic acid groups (broad SMARTS) is 2. The average molecular weight is 229 g/mol. The van der Waals surface area contributed by atoms with E-state index < -0.39 is 17.8 Å². The molecule has 0 radical (unpaired) electrons. The summed E-state index contributed by atoms with van der Waals surface area (Å²) in [6.45, 7) is 2.97. The van der Waals surface area contributed by atoms with Crippen molar-refractivity contribution in [3.8, 4) is 0 Å². The van der Waals surface area contributed by atoms with Gasteiger partial charge in [0.05, 0.1) is 0 Å². The quantitative estimate of drug-likeness (QED) is 0.451. The number of nitrogens with one attached hydrogen (secondary N) is 1. The zero-order valence-corrected chi connectivity index (χ0v) is 9.24. The maximum atomic E-state index is 11.4. The van der Waals surface area contributed by atoms with Crippen LogP contribution in [0.2, 0.25) is 0 Å². The third-order valence-corrected chi connectivity index (χ3v) is 2.08. The minimum Gasteiger partial charge on any atom is -0.481 e. The SMILES string of the molecule is CC(C(=O)O)=C(C)C(=O)NCCCC(=O)O. The van der Waals surface area contributed by atoms with Gasteiger partial charge in [-0.1, -0.05) is 0 Å². The maximum Gasteiger partial charge on any atom is 0.331 e. The Bertz CT molecular complexity index is 332. The summed E-state index contributed by atoms with van der Waals surface area (Å²) in [5, 5.41) is 19.4. The molecule has 0 fully saturated rings.